The highest BCUT2D eigenvalue weighted by Crippen LogP contribution is 2.45. The number of anilines is 6. The lowest BCUT2D eigenvalue weighted by Crippen LogP contribution is -2.10. The summed E-state index contributed by atoms with van der Waals surface area (Å²) in [6, 6.07) is 58.9. The lowest BCUT2D eigenvalue weighted by molar-refractivity contribution is 0.584. The summed E-state index contributed by atoms with van der Waals surface area (Å²) in [7, 11) is 0. The van der Waals surface area contributed by atoms with Crippen LogP contribution in [0.5, 0.6) is 0 Å². The fourth-order valence-electron chi connectivity index (χ4n) is 7.51. The average molecular weight is 705 g/mol. The molecule has 0 radical (unpaired) electrons. The Kier molecular flexibility index (Phi) is 7.47. The second-order valence-electron chi connectivity index (χ2n) is 13.2. The van der Waals surface area contributed by atoms with Crippen LogP contribution in [0.1, 0.15) is 0 Å². The molecule has 0 aliphatic heterocycles. The molecule has 4 nitrogen and oxygen atoms in total. The van der Waals surface area contributed by atoms with E-state index < -0.39 is 0 Å². The Balaban J connectivity index is 1.03. The van der Waals surface area contributed by atoms with Crippen molar-refractivity contribution in [2.75, 3.05) is 9.80 Å². The summed E-state index contributed by atoms with van der Waals surface area (Å²) >= 11 is 0. The Hall–Kier alpha value is -7.18. The van der Waals surface area contributed by atoms with Gasteiger partial charge < -0.3 is 18.6 Å². The zero-order chi connectivity index (χ0) is 36.2. The van der Waals surface area contributed by atoms with Crippen molar-refractivity contribution >= 4 is 78.0 Å². The van der Waals surface area contributed by atoms with Gasteiger partial charge in [0.15, 0.2) is 34.0 Å². The quantitative estimate of drug-likeness (QED) is 0.165. The van der Waals surface area contributed by atoms with Crippen molar-refractivity contribution in [3.8, 4) is 11.1 Å². The predicted octanol–water partition coefficient (Wildman–Crippen LogP) is 14.4. The van der Waals surface area contributed by atoms with Crippen LogP contribution in [0, 0.1) is 11.6 Å². The number of hydrogen-bond donors (Lipinski definition) is 0. The maximum atomic E-state index is 14.8. The van der Waals surface area contributed by atoms with Gasteiger partial charge >= 0.3 is 0 Å². The zero-order valence-corrected chi connectivity index (χ0v) is 28.8. The molecule has 10 rings (SSSR count). The Bertz CT molecular complexity index is 2750. The summed E-state index contributed by atoms with van der Waals surface area (Å²) in [6.07, 6.45) is 0. The fraction of sp³-hybridized carbons (Fsp3) is 0. The van der Waals surface area contributed by atoms with Gasteiger partial charge in [-0.1, -0.05) is 109 Å². The highest BCUT2D eigenvalue weighted by atomic mass is 19.1. The third-order valence-electron chi connectivity index (χ3n) is 10.0. The van der Waals surface area contributed by atoms with Crippen LogP contribution in [-0.4, -0.2) is 0 Å². The maximum absolute atomic E-state index is 14.8. The van der Waals surface area contributed by atoms with E-state index in [1.54, 1.807) is 12.1 Å². The largest absolute Gasteiger partial charge is 0.451 e. The highest BCUT2D eigenvalue weighted by Gasteiger charge is 2.22. The van der Waals surface area contributed by atoms with E-state index in [-0.39, 0.29) is 22.8 Å². The molecule has 0 amide bonds. The summed E-state index contributed by atoms with van der Waals surface area (Å²) in [5.41, 5.74) is 9.22. The molecular weight excluding hydrogens is 675 g/mol. The third-order valence-corrected chi connectivity index (χ3v) is 10.0. The first-order chi connectivity index (χ1) is 26.6. The number of para-hydroxylation sites is 6. The summed E-state index contributed by atoms with van der Waals surface area (Å²) < 4.78 is 42.1. The van der Waals surface area contributed by atoms with Crippen molar-refractivity contribution in [1.82, 2.24) is 0 Å². The molecular formula is C48H30F2N2O2. The molecule has 0 saturated heterocycles. The van der Waals surface area contributed by atoms with Crippen LogP contribution in [0.4, 0.5) is 42.9 Å². The molecule has 2 heterocycles. The fourth-order valence-corrected chi connectivity index (χ4v) is 7.51. The monoisotopic (exact) mass is 704 g/mol. The van der Waals surface area contributed by atoms with E-state index in [9.17, 15) is 8.78 Å². The average Bonchev–Trinajstić information content (AvgIpc) is 3.81. The second-order valence-corrected chi connectivity index (χ2v) is 13.2. The molecule has 0 aliphatic rings. The van der Waals surface area contributed by atoms with Crippen LogP contribution < -0.4 is 9.80 Å². The molecule has 0 saturated carbocycles. The van der Waals surface area contributed by atoms with E-state index in [4.69, 9.17) is 8.83 Å². The van der Waals surface area contributed by atoms with Crippen LogP contribution in [0.3, 0.4) is 0 Å². The van der Waals surface area contributed by atoms with Gasteiger partial charge in [-0.15, -0.1) is 0 Å². The van der Waals surface area contributed by atoms with Gasteiger partial charge in [-0.25, -0.2) is 8.78 Å². The van der Waals surface area contributed by atoms with Gasteiger partial charge in [0.1, 0.15) is 0 Å². The van der Waals surface area contributed by atoms with Crippen molar-refractivity contribution in [1.29, 1.82) is 0 Å². The number of rotatable bonds is 7. The Labute approximate surface area is 309 Å². The Morgan fingerprint density at radius 3 is 1.02 bits per heavy atom. The minimum atomic E-state index is -0.384. The number of furan rings is 2. The number of benzene rings is 8. The smallest absolute Gasteiger partial charge is 0.171 e. The van der Waals surface area contributed by atoms with Gasteiger partial charge in [-0.2, -0.15) is 0 Å². The lowest BCUT2D eigenvalue weighted by atomic mass is 10.0. The van der Waals surface area contributed by atoms with Crippen LogP contribution in [0.25, 0.3) is 55.0 Å². The molecule has 258 valence electrons. The maximum Gasteiger partial charge on any atom is 0.171 e. The first-order valence-corrected chi connectivity index (χ1v) is 17.7. The molecule has 6 heteroatoms. The standard InChI is InChI=1S/C48H30F2N2O2/c49-41-19-7-15-37-39-17-9-21-43(47(39)53-45(37)41)51(33-11-3-1-4-12-33)35-27-23-31(24-28-35)32-25-29-36(30-26-32)52(34-13-5-2-6-14-34)44-22-10-18-40-38-16-8-20-42(50)46(38)54-48(40)44/h1-30H. The zero-order valence-electron chi connectivity index (χ0n) is 28.8. The van der Waals surface area contributed by atoms with Crippen molar-refractivity contribution < 1.29 is 17.6 Å². The van der Waals surface area contributed by atoms with Gasteiger partial charge in [0.2, 0.25) is 0 Å². The van der Waals surface area contributed by atoms with E-state index in [2.05, 4.69) is 82.6 Å². The molecule has 0 N–H and O–H groups in total. The highest BCUT2D eigenvalue weighted by molar-refractivity contribution is 6.11. The third kappa shape index (κ3) is 5.19. The van der Waals surface area contributed by atoms with Gasteiger partial charge in [0.25, 0.3) is 0 Å². The van der Waals surface area contributed by atoms with Crippen molar-refractivity contribution in [3.05, 3.63) is 194 Å². The lowest BCUT2D eigenvalue weighted by Gasteiger charge is -2.26. The molecule has 54 heavy (non-hydrogen) atoms. The summed E-state index contributed by atoms with van der Waals surface area (Å²) in [4.78, 5) is 4.27. The van der Waals surface area contributed by atoms with Crippen LogP contribution in [0.15, 0.2) is 191 Å². The van der Waals surface area contributed by atoms with Gasteiger partial charge in [-0.05, 0) is 83.9 Å². The van der Waals surface area contributed by atoms with E-state index in [0.29, 0.717) is 11.2 Å². The minimum absolute atomic E-state index is 0.251. The molecule has 0 unspecified atom stereocenters. The summed E-state index contributed by atoms with van der Waals surface area (Å²) in [5, 5.41) is 3.20. The molecule has 0 aliphatic carbocycles. The van der Waals surface area contributed by atoms with Crippen LogP contribution >= 0.6 is 0 Å². The molecule has 0 fully saturated rings. The number of hydrogen-bond acceptors (Lipinski definition) is 4. The van der Waals surface area contributed by atoms with E-state index >= 15 is 0 Å². The van der Waals surface area contributed by atoms with Crippen LogP contribution in [0.2, 0.25) is 0 Å². The van der Waals surface area contributed by atoms with Crippen molar-refractivity contribution in [2.45, 2.75) is 0 Å². The van der Waals surface area contributed by atoms with Crippen molar-refractivity contribution in [3.63, 3.8) is 0 Å². The van der Waals surface area contributed by atoms with Gasteiger partial charge in [0.05, 0.1) is 11.4 Å². The SMILES string of the molecule is Fc1cccc2c1oc1c(N(c3ccccc3)c3ccc(-c4ccc(N(c5ccccc5)c5cccc6c5oc5c(F)cccc56)cc4)cc3)cccc12. The van der Waals surface area contributed by atoms with Crippen molar-refractivity contribution in [2.24, 2.45) is 0 Å². The number of nitrogens with zero attached hydrogens (tertiary/aromatic N) is 2. The van der Waals surface area contributed by atoms with E-state index in [0.717, 1.165) is 66.8 Å². The van der Waals surface area contributed by atoms with Gasteiger partial charge in [-0.3, -0.25) is 0 Å². The van der Waals surface area contributed by atoms with E-state index in [1.807, 2.05) is 84.9 Å². The van der Waals surface area contributed by atoms with Crippen LogP contribution in [-0.2, 0) is 0 Å². The predicted molar refractivity (Wildman–Crippen MR) is 216 cm³/mol. The molecule has 2 aromatic heterocycles. The van der Waals surface area contributed by atoms with E-state index in [1.165, 1.54) is 12.1 Å². The van der Waals surface area contributed by atoms with Gasteiger partial charge in [0, 0.05) is 44.3 Å². The second kappa shape index (κ2) is 12.8. The summed E-state index contributed by atoms with van der Waals surface area (Å²) in [6.45, 7) is 0. The first kappa shape index (κ1) is 31.5. The molecule has 10 aromatic rings. The number of fused-ring (bicyclic) bond motifs is 6. The molecule has 8 aromatic carbocycles. The Morgan fingerprint density at radius 1 is 0.296 bits per heavy atom. The summed E-state index contributed by atoms with van der Waals surface area (Å²) in [5.74, 6) is -0.768. The molecule has 0 atom stereocenters. The number of halogens is 2. The normalized spacial score (nSPS) is 11.5. The Morgan fingerprint density at radius 2 is 0.630 bits per heavy atom. The minimum Gasteiger partial charge on any atom is -0.451 e. The molecule has 0 bridgehead atoms. The topological polar surface area (TPSA) is 32.8 Å². The first-order valence-electron chi connectivity index (χ1n) is 17.7. The molecule has 0 spiro atoms.